The van der Waals surface area contributed by atoms with Gasteiger partial charge in [-0.25, -0.2) is 0 Å². The molecule has 0 saturated heterocycles. The third kappa shape index (κ3) is 4.91. The Morgan fingerprint density at radius 1 is 0.520 bits per heavy atom. The van der Waals surface area contributed by atoms with Crippen LogP contribution < -0.4 is 0 Å². The van der Waals surface area contributed by atoms with Crippen molar-refractivity contribution in [3.05, 3.63) is 214 Å². The molecule has 6 aromatic carbocycles. The number of nitrogens with one attached hydrogen (secondary N) is 2. The average molecular weight is 647 g/mol. The van der Waals surface area contributed by atoms with Crippen LogP contribution in [0.15, 0.2) is 164 Å². The van der Waals surface area contributed by atoms with Gasteiger partial charge in [0.25, 0.3) is 0 Å². The molecular formula is C46H34N2O2. The van der Waals surface area contributed by atoms with Crippen molar-refractivity contribution in [2.75, 3.05) is 0 Å². The van der Waals surface area contributed by atoms with Crippen molar-refractivity contribution in [2.24, 2.45) is 0 Å². The minimum atomic E-state index is -0.560. The third-order valence-corrected chi connectivity index (χ3v) is 10.5. The van der Waals surface area contributed by atoms with Gasteiger partial charge in [0.15, 0.2) is 11.6 Å². The minimum absolute atomic E-state index is 0.0498. The first kappa shape index (κ1) is 29.8. The molecule has 2 heterocycles. The lowest BCUT2D eigenvalue weighted by molar-refractivity contribution is 0.0951. The quantitative estimate of drug-likeness (QED) is 0.169. The number of H-pyrrole nitrogens is 2. The summed E-state index contributed by atoms with van der Waals surface area (Å²) < 4.78 is 0. The van der Waals surface area contributed by atoms with Crippen molar-refractivity contribution < 1.29 is 9.59 Å². The maximum Gasteiger partial charge on any atom is 0.171 e. The number of carbonyl (C=O) groups is 2. The average Bonchev–Trinajstić information content (AvgIpc) is 3.74. The number of ketones is 2. The molecule has 2 aromatic heterocycles. The normalized spacial score (nSPS) is 16.8. The third-order valence-electron chi connectivity index (χ3n) is 10.5. The van der Waals surface area contributed by atoms with Gasteiger partial charge in [0.1, 0.15) is 0 Å². The Bertz CT molecular complexity index is 2520. The van der Waals surface area contributed by atoms with E-state index in [0.29, 0.717) is 11.1 Å². The molecular weight excluding hydrogens is 613 g/mol. The summed E-state index contributed by atoms with van der Waals surface area (Å²) in [5.41, 5.74) is 10.8. The highest BCUT2D eigenvalue weighted by atomic mass is 16.1. The van der Waals surface area contributed by atoms with E-state index in [0.717, 1.165) is 60.9 Å². The molecule has 240 valence electrons. The van der Waals surface area contributed by atoms with E-state index in [9.17, 15) is 4.79 Å². The number of rotatable bonds is 7. The summed E-state index contributed by atoms with van der Waals surface area (Å²) in [4.78, 5) is 36.5. The SMILES string of the molecule is O=C(Cc1ccccc1C1c2c([nH]c3ccccc23)C(c2c[nH]c3ccccc23)c2ccccc2C1C(=O)c1ccccc1)c1ccccc1. The van der Waals surface area contributed by atoms with E-state index in [4.69, 9.17) is 0 Å². The number of hydrogen-bond acceptors (Lipinski definition) is 2. The Morgan fingerprint density at radius 2 is 1.10 bits per heavy atom. The molecule has 3 unspecified atom stereocenters. The van der Waals surface area contributed by atoms with Crippen molar-refractivity contribution >= 4 is 33.4 Å². The highest BCUT2D eigenvalue weighted by Crippen LogP contribution is 2.54. The lowest BCUT2D eigenvalue weighted by atomic mass is 9.72. The molecule has 0 fully saturated rings. The van der Waals surface area contributed by atoms with Crippen LogP contribution in [0.4, 0.5) is 0 Å². The highest BCUT2D eigenvalue weighted by Gasteiger charge is 2.43. The molecule has 0 aliphatic heterocycles. The van der Waals surface area contributed by atoms with E-state index in [-0.39, 0.29) is 29.8 Å². The fourth-order valence-corrected chi connectivity index (χ4v) is 8.27. The summed E-state index contributed by atoms with van der Waals surface area (Å²) in [6.45, 7) is 0. The summed E-state index contributed by atoms with van der Waals surface area (Å²) in [5, 5.41) is 2.23. The minimum Gasteiger partial charge on any atom is -0.361 e. The second-order valence-corrected chi connectivity index (χ2v) is 13.2. The second kappa shape index (κ2) is 12.3. The summed E-state index contributed by atoms with van der Waals surface area (Å²) in [7, 11) is 0. The smallest absolute Gasteiger partial charge is 0.171 e. The number of para-hydroxylation sites is 2. The fraction of sp³-hybridized carbons (Fsp3) is 0.0870. The van der Waals surface area contributed by atoms with E-state index >= 15 is 4.79 Å². The van der Waals surface area contributed by atoms with Gasteiger partial charge in [0.05, 0.1) is 11.8 Å². The van der Waals surface area contributed by atoms with Crippen LogP contribution in [-0.2, 0) is 6.42 Å². The van der Waals surface area contributed by atoms with Gasteiger partial charge in [-0.05, 0) is 45.5 Å². The standard InChI is InChI=1S/C46H34N2O2/c49-40(29-15-3-1-4-16-29)27-31-19-7-8-20-32(31)42-43-36-24-12-14-26-39(36)48-45(43)41(37-28-47-38-25-13-11-21-33(37)38)34-22-9-10-23-35(34)44(42)46(50)30-17-5-2-6-18-30/h1-26,28,41-42,44,47-48H,27H2. The predicted molar refractivity (Wildman–Crippen MR) is 200 cm³/mol. The molecule has 0 spiro atoms. The zero-order valence-corrected chi connectivity index (χ0v) is 27.3. The van der Waals surface area contributed by atoms with Crippen LogP contribution in [0.2, 0.25) is 0 Å². The molecule has 4 nitrogen and oxygen atoms in total. The molecule has 4 heteroatoms. The van der Waals surface area contributed by atoms with Crippen molar-refractivity contribution in [1.82, 2.24) is 9.97 Å². The molecule has 3 atom stereocenters. The Labute approximate surface area is 290 Å². The molecule has 9 rings (SSSR count). The molecule has 0 amide bonds. The van der Waals surface area contributed by atoms with Gasteiger partial charge in [-0.15, -0.1) is 0 Å². The monoisotopic (exact) mass is 646 g/mol. The van der Waals surface area contributed by atoms with Gasteiger partial charge < -0.3 is 9.97 Å². The molecule has 50 heavy (non-hydrogen) atoms. The van der Waals surface area contributed by atoms with Crippen LogP contribution in [0.5, 0.6) is 0 Å². The summed E-state index contributed by atoms with van der Waals surface area (Å²) in [5.74, 6) is -1.02. The molecule has 0 saturated carbocycles. The molecule has 2 N–H and O–H groups in total. The first-order valence-electron chi connectivity index (χ1n) is 17.2. The fourth-order valence-electron chi connectivity index (χ4n) is 8.27. The predicted octanol–water partition coefficient (Wildman–Crippen LogP) is 10.4. The molecule has 8 aromatic rings. The number of carbonyl (C=O) groups excluding carboxylic acids is 2. The van der Waals surface area contributed by atoms with Crippen molar-refractivity contribution in [2.45, 2.75) is 24.2 Å². The van der Waals surface area contributed by atoms with Crippen LogP contribution in [-0.4, -0.2) is 21.5 Å². The van der Waals surface area contributed by atoms with Gasteiger partial charge in [0.2, 0.25) is 0 Å². The Morgan fingerprint density at radius 3 is 1.86 bits per heavy atom. The number of hydrogen-bond donors (Lipinski definition) is 2. The molecule has 0 bridgehead atoms. The topological polar surface area (TPSA) is 65.7 Å². The number of aromatic nitrogens is 2. The molecule has 1 aliphatic carbocycles. The van der Waals surface area contributed by atoms with Crippen molar-refractivity contribution in [1.29, 1.82) is 0 Å². The first-order chi connectivity index (χ1) is 24.7. The Hall–Kier alpha value is -6.26. The van der Waals surface area contributed by atoms with E-state index in [1.165, 1.54) is 0 Å². The van der Waals surface area contributed by atoms with Crippen molar-refractivity contribution in [3.8, 4) is 0 Å². The van der Waals surface area contributed by atoms with Gasteiger partial charge in [-0.3, -0.25) is 9.59 Å². The number of aromatic amines is 2. The lowest BCUT2D eigenvalue weighted by Crippen LogP contribution is -2.23. The Kier molecular flexibility index (Phi) is 7.35. The van der Waals surface area contributed by atoms with Gasteiger partial charge in [0, 0.05) is 57.2 Å². The number of fused-ring (bicyclic) bond motifs is 5. The van der Waals surface area contributed by atoms with Crippen LogP contribution in [0.25, 0.3) is 21.8 Å². The number of Topliss-reactive ketones (excluding diaryl/α,β-unsaturated/α-hetero) is 2. The lowest BCUT2D eigenvalue weighted by Gasteiger charge is -2.29. The zero-order valence-electron chi connectivity index (χ0n) is 27.3. The van der Waals surface area contributed by atoms with E-state index < -0.39 is 5.92 Å². The summed E-state index contributed by atoms with van der Waals surface area (Å²) >= 11 is 0. The van der Waals surface area contributed by atoms with Crippen molar-refractivity contribution in [3.63, 3.8) is 0 Å². The number of benzene rings is 6. The van der Waals surface area contributed by atoms with Crippen LogP contribution >= 0.6 is 0 Å². The van der Waals surface area contributed by atoms with Crippen LogP contribution in [0.3, 0.4) is 0 Å². The van der Waals surface area contributed by atoms with E-state index in [1.54, 1.807) is 0 Å². The zero-order chi connectivity index (χ0) is 33.6. The van der Waals surface area contributed by atoms with Gasteiger partial charge in [-0.2, -0.15) is 0 Å². The van der Waals surface area contributed by atoms with Crippen LogP contribution in [0.1, 0.15) is 77.5 Å². The molecule has 0 radical (unpaired) electrons. The first-order valence-corrected chi connectivity index (χ1v) is 17.2. The van der Waals surface area contributed by atoms with Gasteiger partial charge >= 0.3 is 0 Å². The summed E-state index contributed by atoms with van der Waals surface area (Å²) in [6, 6.07) is 52.7. The highest BCUT2D eigenvalue weighted by molar-refractivity contribution is 6.04. The maximum atomic E-state index is 15.2. The summed E-state index contributed by atoms with van der Waals surface area (Å²) in [6.07, 6.45) is 2.36. The van der Waals surface area contributed by atoms with Gasteiger partial charge in [-0.1, -0.05) is 146 Å². The van der Waals surface area contributed by atoms with E-state index in [1.807, 2.05) is 72.8 Å². The largest absolute Gasteiger partial charge is 0.361 e. The maximum absolute atomic E-state index is 15.2. The molecule has 1 aliphatic rings. The second-order valence-electron chi connectivity index (χ2n) is 13.2. The van der Waals surface area contributed by atoms with Crippen LogP contribution in [0, 0.1) is 0 Å². The Balaban J connectivity index is 1.37. The van der Waals surface area contributed by atoms with E-state index in [2.05, 4.69) is 101 Å².